The number of rotatable bonds is 7. The molecule has 1 unspecified atom stereocenters. The molecule has 0 spiro atoms. The Labute approximate surface area is 143 Å². The van der Waals surface area contributed by atoms with E-state index in [0.717, 1.165) is 28.2 Å². The molecule has 0 aliphatic heterocycles. The fourth-order valence-electron chi connectivity index (χ4n) is 2.38. The lowest BCUT2D eigenvalue weighted by molar-refractivity contribution is 0.0932. The van der Waals surface area contributed by atoms with Crippen molar-refractivity contribution in [2.24, 2.45) is 0 Å². The fourth-order valence-corrected chi connectivity index (χ4v) is 3.17. The molecule has 1 atom stereocenters. The topological polar surface area (TPSA) is 29.1 Å². The van der Waals surface area contributed by atoms with Gasteiger partial charge in [-0.05, 0) is 31.0 Å². The van der Waals surface area contributed by atoms with Crippen molar-refractivity contribution >= 4 is 17.7 Å². The minimum atomic E-state index is -0.0235. The lowest BCUT2D eigenvalue weighted by Gasteiger charge is -2.18. The van der Waals surface area contributed by atoms with Crippen molar-refractivity contribution < 1.29 is 4.79 Å². The third-order valence-corrected chi connectivity index (χ3v) is 4.75. The van der Waals surface area contributed by atoms with Gasteiger partial charge in [0.15, 0.2) is 0 Å². The highest BCUT2D eigenvalue weighted by Crippen LogP contribution is 2.24. The number of hydrogen-bond donors (Lipinski definition) is 1. The number of carbonyl (C=O) groups is 1. The number of carbonyl (C=O) groups excluding carboxylic acids is 1. The Morgan fingerprint density at radius 2 is 1.91 bits per heavy atom. The van der Waals surface area contributed by atoms with Crippen molar-refractivity contribution in [3.63, 3.8) is 0 Å². The summed E-state index contributed by atoms with van der Waals surface area (Å²) < 4.78 is 0. The first-order chi connectivity index (χ1) is 11.2. The maximum Gasteiger partial charge on any atom is 0.252 e. The number of nitrogens with one attached hydrogen (secondary N) is 1. The van der Waals surface area contributed by atoms with Crippen LogP contribution in [0.3, 0.4) is 0 Å². The smallest absolute Gasteiger partial charge is 0.252 e. The largest absolute Gasteiger partial charge is 0.345 e. The van der Waals surface area contributed by atoms with Gasteiger partial charge in [-0.15, -0.1) is 18.3 Å². The molecule has 0 aliphatic rings. The van der Waals surface area contributed by atoms with Gasteiger partial charge in [0.2, 0.25) is 0 Å². The van der Waals surface area contributed by atoms with Crippen molar-refractivity contribution in [1.82, 2.24) is 5.32 Å². The van der Waals surface area contributed by atoms with Crippen LogP contribution in [0.4, 0.5) is 0 Å². The number of aryl methyl sites for hydroxylation is 1. The Balaban J connectivity index is 2.16. The van der Waals surface area contributed by atoms with E-state index in [2.05, 4.69) is 50.0 Å². The monoisotopic (exact) mass is 325 g/mol. The molecule has 120 valence electrons. The second kappa shape index (κ2) is 8.59. The van der Waals surface area contributed by atoms with E-state index in [0.29, 0.717) is 0 Å². The van der Waals surface area contributed by atoms with Gasteiger partial charge < -0.3 is 5.32 Å². The van der Waals surface area contributed by atoms with E-state index in [1.165, 1.54) is 5.56 Å². The summed E-state index contributed by atoms with van der Waals surface area (Å²) in [4.78, 5) is 13.7. The minimum Gasteiger partial charge on any atom is -0.345 e. The molecule has 2 aromatic rings. The van der Waals surface area contributed by atoms with Crippen molar-refractivity contribution in [3.8, 4) is 0 Å². The Morgan fingerprint density at radius 1 is 1.22 bits per heavy atom. The maximum atomic E-state index is 12.7. The summed E-state index contributed by atoms with van der Waals surface area (Å²) in [5, 5.41) is 3.16. The fraction of sp³-hybridized carbons (Fsp3) is 0.250. The van der Waals surface area contributed by atoms with Crippen LogP contribution in [0.15, 0.2) is 66.1 Å². The minimum absolute atomic E-state index is 0.0235. The molecule has 1 N–H and O–H groups in total. The number of hydrogen-bond acceptors (Lipinski definition) is 2. The Kier molecular flexibility index (Phi) is 6.48. The van der Waals surface area contributed by atoms with Gasteiger partial charge in [-0.1, -0.05) is 55.0 Å². The molecule has 0 heterocycles. The molecule has 0 radical (unpaired) electrons. The standard InChI is InChI=1S/C20H23NOS/c1-4-14-23-19-9-7-6-8-17(19)20(22)21-18(5-2)16-12-10-15(3)11-13-16/h4,6-13,18H,1,5,14H2,2-3H3,(H,21,22). The predicted molar refractivity (Wildman–Crippen MR) is 99.0 cm³/mol. The van der Waals surface area contributed by atoms with Crippen LogP contribution in [0.1, 0.15) is 40.9 Å². The van der Waals surface area contributed by atoms with Gasteiger partial charge >= 0.3 is 0 Å². The zero-order valence-electron chi connectivity index (χ0n) is 13.7. The van der Waals surface area contributed by atoms with Gasteiger partial charge in [-0.3, -0.25) is 4.79 Å². The SMILES string of the molecule is C=CCSc1ccccc1C(=O)NC(CC)c1ccc(C)cc1. The predicted octanol–water partition coefficient (Wildman–Crippen LogP) is 5.15. The van der Waals surface area contributed by atoms with E-state index < -0.39 is 0 Å². The zero-order valence-corrected chi connectivity index (χ0v) is 14.5. The van der Waals surface area contributed by atoms with E-state index in [1.54, 1.807) is 11.8 Å². The van der Waals surface area contributed by atoms with Crippen molar-refractivity contribution in [1.29, 1.82) is 0 Å². The van der Waals surface area contributed by atoms with E-state index in [-0.39, 0.29) is 11.9 Å². The second-order valence-electron chi connectivity index (χ2n) is 5.44. The number of amides is 1. The molecule has 2 nitrogen and oxygen atoms in total. The zero-order chi connectivity index (χ0) is 16.7. The molecule has 2 rings (SSSR count). The summed E-state index contributed by atoms with van der Waals surface area (Å²) in [6.45, 7) is 7.89. The van der Waals surface area contributed by atoms with Gasteiger partial charge in [0.25, 0.3) is 5.91 Å². The van der Waals surface area contributed by atoms with Crippen molar-refractivity contribution in [3.05, 3.63) is 77.9 Å². The maximum absolute atomic E-state index is 12.7. The lowest BCUT2D eigenvalue weighted by atomic mass is 10.0. The average Bonchev–Trinajstić information content (AvgIpc) is 2.58. The number of thioether (sulfide) groups is 1. The summed E-state index contributed by atoms with van der Waals surface area (Å²) in [6, 6.07) is 16.1. The lowest BCUT2D eigenvalue weighted by Crippen LogP contribution is -2.28. The first kappa shape index (κ1) is 17.4. The van der Waals surface area contributed by atoms with Crippen LogP contribution in [0.2, 0.25) is 0 Å². The van der Waals surface area contributed by atoms with E-state index >= 15 is 0 Å². The highest BCUT2D eigenvalue weighted by Gasteiger charge is 2.16. The average molecular weight is 325 g/mol. The van der Waals surface area contributed by atoms with Crippen molar-refractivity contribution in [2.45, 2.75) is 31.2 Å². The first-order valence-corrected chi connectivity index (χ1v) is 8.84. The highest BCUT2D eigenvalue weighted by atomic mass is 32.2. The van der Waals surface area contributed by atoms with Crippen LogP contribution >= 0.6 is 11.8 Å². The molecule has 0 fully saturated rings. The van der Waals surface area contributed by atoms with Gasteiger partial charge in [0.05, 0.1) is 11.6 Å². The van der Waals surface area contributed by atoms with Gasteiger partial charge in [-0.25, -0.2) is 0 Å². The van der Waals surface area contributed by atoms with Crippen LogP contribution in [0.25, 0.3) is 0 Å². The second-order valence-corrected chi connectivity index (χ2v) is 6.50. The molecule has 0 saturated heterocycles. The summed E-state index contributed by atoms with van der Waals surface area (Å²) in [6.07, 6.45) is 2.71. The molecular weight excluding hydrogens is 302 g/mol. The van der Waals surface area contributed by atoms with E-state index in [1.807, 2.05) is 30.3 Å². The van der Waals surface area contributed by atoms with E-state index in [9.17, 15) is 4.79 Å². The molecule has 1 amide bonds. The van der Waals surface area contributed by atoms with Crippen LogP contribution in [-0.2, 0) is 0 Å². The summed E-state index contributed by atoms with van der Waals surface area (Å²) in [7, 11) is 0. The molecule has 0 bridgehead atoms. The van der Waals surface area contributed by atoms with Crippen molar-refractivity contribution in [2.75, 3.05) is 5.75 Å². The normalized spacial score (nSPS) is 11.7. The third-order valence-electron chi connectivity index (χ3n) is 3.68. The van der Waals surface area contributed by atoms with Crippen LogP contribution in [0, 0.1) is 6.92 Å². The summed E-state index contributed by atoms with van der Waals surface area (Å²) in [5.74, 6) is 0.768. The van der Waals surface area contributed by atoms with Crippen LogP contribution in [-0.4, -0.2) is 11.7 Å². The molecule has 3 heteroatoms. The van der Waals surface area contributed by atoms with Gasteiger partial charge in [-0.2, -0.15) is 0 Å². The molecule has 23 heavy (non-hydrogen) atoms. The Bertz CT molecular complexity index is 664. The molecule has 0 saturated carbocycles. The highest BCUT2D eigenvalue weighted by molar-refractivity contribution is 7.99. The van der Waals surface area contributed by atoms with Crippen LogP contribution in [0.5, 0.6) is 0 Å². The first-order valence-electron chi connectivity index (χ1n) is 7.85. The van der Waals surface area contributed by atoms with Gasteiger partial charge in [0.1, 0.15) is 0 Å². The quantitative estimate of drug-likeness (QED) is 0.563. The molecular formula is C20H23NOS. The summed E-state index contributed by atoms with van der Waals surface area (Å²) in [5.41, 5.74) is 3.09. The number of benzene rings is 2. The Morgan fingerprint density at radius 3 is 2.57 bits per heavy atom. The molecule has 2 aromatic carbocycles. The molecule has 0 aliphatic carbocycles. The van der Waals surface area contributed by atoms with E-state index in [4.69, 9.17) is 0 Å². The third kappa shape index (κ3) is 4.73. The van der Waals surface area contributed by atoms with Crippen LogP contribution < -0.4 is 5.32 Å². The Hall–Kier alpha value is -2.00. The van der Waals surface area contributed by atoms with Gasteiger partial charge in [0, 0.05) is 10.6 Å². The summed E-state index contributed by atoms with van der Waals surface area (Å²) >= 11 is 1.63. The molecule has 0 aromatic heterocycles.